The van der Waals surface area contributed by atoms with Crippen LogP contribution in [0, 0.1) is 5.92 Å². The summed E-state index contributed by atoms with van der Waals surface area (Å²) < 4.78 is 0. The van der Waals surface area contributed by atoms with Crippen molar-refractivity contribution in [2.24, 2.45) is 11.7 Å². The second kappa shape index (κ2) is 5.28. The summed E-state index contributed by atoms with van der Waals surface area (Å²) in [5.41, 5.74) is 8.12. The fourth-order valence-corrected chi connectivity index (χ4v) is 2.24. The lowest BCUT2D eigenvalue weighted by Gasteiger charge is -2.34. The Kier molecular flexibility index (Phi) is 5.24. The predicted octanol–water partition coefficient (Wildman–Crippen LogP) is 2.55. The van der Waals surface area contributed by atoms with Gasteiger partial charge in [0.2, 0.25) is 0 Å². The van der Waals surface area contributed by atoms with Gasteiger partial charge in [-0.05, 0) is 11.0 Å². The fourth-order valence-electron chi connectivity index (χ4n) is 0.951. The Bertz CT molecular complexity index is 218. The maximum Gasteiger partial charge on any atom is 0.0766 e. The van der Waals surface area contributed by atoms with E-state index in [-0.39, 0.29) is 18.6 Å². The van der Waals surface area contributed by atoms with E-state index >= 15 is 0 Å². The minimum atomic E-state index is -1.34. The van der Waals surface area contributed by atoms with Crippen molar-refractivity contribution in [1.29, 1.82) is 0 Å². The van der Waals surface area contributed by atoms with E-state index < -0.39 is 8.07 Å². The van der Waals surface area contributed by atoms with Crippen LogP contribution in [0.25, 0.3) is 0 Å². The van der Waals surface area contributed by atoms with Crippen molar-refractivity contribution in [1.82, 2.24) is 0 Å². The molecule has 3 N–H and O–H groups in total. The molecule has 0 amide bonds. The molecule has 0 aliphatic heterocycles. The Morgan fingerprint density at radius 1 is 1.33 bits per heavy atom. The molecule has 0 heterocycles. The number of nitrogens with two attached hydrogens (primary N) is 1. The third-order valence-electron chi connectivity index (χ3n) is 3.64. The zero-order valence-electron chi connectivity index (χ0n) is 11.0. The topological polar surface area (TPSA) is 46.2 Å². The summed E-state index contributed by atoms with van der Waals surface area (Å²) in [7, 11) is -1.34. The summed E-state index contributed by atoms with van der Waals surface area (Å²) in [6.45, 7) is 13.7. The van der Waals surface area contributed by atoms with Crippen molar-refractivity contribution in [2.75, 3.05) is 6.61 Å². The van der Waals surface area contributed by atoms with Crippen molar-refractivity contribution < 1.29 is 5.11 Å². The van der Waals surface area contributed by atoms with Crippen LogP contribution >= 0.6 is 0 Å². The average molecular weight is 229 g/mol. The van der Waals surface area contributed by atoms with Gasteiger partial charge >= 0.3 is 0 Å². The summed E-state index contributed by atoms with van der Waals surface area (Å²) in [4.78, 5) is 0. The lowest BCUT2D eigenvalue weighted by atomic mass is 10.0. The van der Waals surface area contributed by atoms with Gasteiger partial charge < -0.3 is 10.8 Å². The van der Waals surface area contributed by atoms with E-state index in [0.717, 1.165) is 0 Å². The fraction of sp³-hybridized carbons (Fsp3) is 0.833. The van der Waals surface area contributed by atoms with Crippen LogP contribution in [0.3, 0.4) is 0 Å². The third-order valence-corrected chi connectivity index (χ3v) is 8.53. The van der Waals surface area contributed by atoms with Crippen LogP contribution in [0.4, 0.5) is 0 Å². The second-order valence-electron chi connectivity index (χ2n) is 6.04. The normalized spacial score (nSPS) is 18.1. The molecule has 0 aliphatic carbocycles. The molecule has 3 heteroatoms. The van der Waals surface area contributed by atoms with Crippen molar-refractivity contribution in [2.45, 2.75) is 51.9 Å². The van der Waals surface area contributed by atoms with E-state index in [1.54, 1.807) is 0 Å². The Balaban J connectivity index is 4.52. The number of aliphatic hydroxyl groups is 1. The quantitative estimate of drug-likeness (QED) is 0.728. The maximum absolute atomic E-state index is 8.95. The molecule has 15 heavy (non-hydrogen) atoms. The molecular weight excluding hydrogens is 202 g/mol. The summed E-state index contributed by atoms with van der Waals surface area (Å²) in [6, 6.07) is -0.133. The molecule has 0 radical (unpaired) electrons. The molecule has 0 spiro atoms. The molecule has 90 valence electrons. The molecule has 0 bridgehead atoms. The van der Waals surface area contributed by atoms with E-state index in [2.05, 4.69) is 52.6 Å². The van der Waals surface area contributed by atoms with Gasteiger partial charge in [-0.3, -0.25) is 0 Å². The first-order chi connectivity index (χ1) is 6.62. The van der Waals surface area contributed by atoms with Crippen molar-refractivity contribution in [3.63, 3.8) is 0 Å². The van der Waals surface area contributed by atoms with Crippen molar-refractivity contribution >= 4 is 8.07 Å². The van der Waals surface area contributed by atoms with Gasteiger partial charge in [0.15, 0.2) is 0 Å². The molecule has 0 aromatic rings. The Morgan fingerprint density at radius 2 is 1.80 bits per heavy atom. The molecule has 2 atom stereocenters. The molecule has 0 aliphatic rings. The largest absolute Gasteiger partial charge is 0.395 e. The van der Waals surface area contributed by atoms with Crippen molar-refractivity contribution in [3.8, 4) is 0 Å². The highest BCUT2D eigenvalue weighted by Crippen LogP contribution is 2.36. The lowest BCUT2D eigenvalue weighted by molar-refractivity contribution is 0.246. The number of rotatable bonds is 4. The van der Waals surface area contributed by atoms with Crippen LogP contribution in [-0.4, -0.2) is 25.8 Å². The molecular formula is C12H27NOSi. The molecule has 0 saturated heterocycles. The number of hydrogen-bond donors (Lipinski definition) is 2. The minimum absolute atomic E-state index is 0.0585. The minimum Gasteiger partial charge on any atom is -0.395 e. The maximum atomic E-state index is 8.95. The van der Waals surface area contributed by atoms with Crippen LogP contribution in [-0.2, 0) is 0 Å². The highest BCUT2D eigenvalue weighted by atomic mass is 28.3. The van der Waals surface area contributed by atoms with E-state index in [1.807, 2.05) is 0 Å². The zero-order chi connectivity index (χ0) is 12.3. The van der Waals surface area contributed by atoms with Gasteiger partial charge in [-0.2, -0.15) is 0 Å². The first-order valence-corrected chi connectivity index (χ1v) is 8.75. The van der Waals surface area contributed by atoms with E-state index in [4.69, 9.17) is 10.8 Å². The van der Waals surface area contributed by atoms with Gasteiger partial charge in [0, 0.05) is 6.04 Å². The summed E-state index contributed by atoms with van der Waals surface area (Å²) >= 11 is 0. The Hall–Kier alpha value is -0.123. The molecule has 2 nitrogen and oxygen atoms in total. The average Bonchev–Trinajstić information content (AvgIpc) is 2.11. The van der Waals surface area contributed by atoms with Crippen LogP contribution in [0.1, 0.15) is 27.7 Å². The Morgan fingerprint density at radius 3 is 2.13 bits per heavy atom. The zero-order valence-corrected chi connectivity index (χ0v) is 12.0. The summed E-state index contributed by atoms with van der Waals surface area (Å²) in [5.74, 6) is 0.254. The van der Waals surface area contributed by atoms with Crippen LogP contribution in [0.5, 0.6) is 0 Å². The number of hydrogen-bond acceptors (Lipinski definition) is 2. The SMILES string of the molecule is C[C@@H](/C=C/[Si](C)(C)C(C)(C)C)[C@H](N)CO. The number of aliphatic hydroxyl groups excluding tert-OH is 1. The van der Waals surface area contributed by atoms with Gasteiger partial charge in [0.1, 0.15) is 0 Å². The monoisotopic (exact) mass is 229 g/mol. The molecule has 0 fully saturated rings. The van der Waals surface area contributed by atoms with Gasteiger partial charge in [0.25, 0.3) is 0 Å². The molecule has 0 aromatic carbocycles. The highest BCUT2D eigenvalue weighted by molar-refractivity contribution is 6.84. The lowest BCUT2D eigenvalue weighted by Crippen LogP contribution is -2.36. The van der Waals surface area contributed by atoms with Gasteiger partial charge in [0.05, 0.1) is 14.7 Å². The van der Waals surface area contributed by atoms with Crippen LogP contribution in [0.2, 0.25) is 18.1 Å². The summed E-state index contributed by atoms with van der Waals surface area (Å²) in [5, 5.41) is 9.31. The smallest absolute Gasteiger partial charge is 0.0766 e. The van der Waals surface area contributed by atoms with Crippen LogP contribution in [0.15, 0.2) is 11.8 Å². The second-order valence-corrected chi connectivity index (χ2v) is 11.3. The first kappa shape index (κ1) is 14.9. The van der Waals surface area contributed by atoms with Gasteiger partial charge in [-0.25, -0.2) is 0 Å². The highest BCUT2D eigenvalue weighted by Gasteiger charge is 2.32. The molecule has 0 saturated carbocycles. The van der Waals surface area contributed by atoms with Gasteiger partial charge in [-0.15, -0.1) is 0 Å². The van der Waals surface area contributed by atoms with E-state index in [9.17, 15) is 0 Å². The molecule has 0 unspecified atom stereocenters. The standard InChI is InChI=1S/C12H27NOSi/c1-10(11(13)9-14)7-8-15(5,6)12(2,3)4/h7-8,10-11,14H,9,13H2,1-6H3/b8-7+/t10-,11+/m0/s1. The molecule has 0 aromatic heterocycles. The van der Waals surface area contributed by atoms with Gasteiger partial charge in [-0.1, -0.05) is 52.6 Å². The third kappa shape index (κ3) is 4.49. The Labute approximate surface area is 95.6 Å². The summed E-state index contributed by atoms with van der Waals surface area (Å²) in [6.07, 6.45) is 2.18. The predicted molar refractivity (Wildman–Crippen MR) is 70.6 cm³/mol. The van der Waals surface area contributed by atoms with E-state index in [1.165, 1.54) is 0 Å². The van der Waals surface area contributed by atoms with Crippen molar-refractivity contribution in [3.05, 3.63) is 11.8 Å². The molecule has 0 rings (SSSR count). The first-order valence-electron chi connectivity index (χ1n) is 5.67. The van der Waals surface area contributed by atoms with Crippen LogP contribution < -0.4 is 5.73 Å². The van der Waals surface area contributed by atoms with E-state index in [0.29, 0.717) is 5.04 Å².